The Labute approximate surface area is 235 Å². The van der Waals surface area contributed by atoms with E-state index in [0.29, 0.717) is 39.3 Å². The van der Waals surface area contributed by atoms with Crippen LogP contribution >= 0.6 is 0 Å². The van der Waals surface area contributed by atoms with Gasteiger partial charge in [0, 0.05) is 35.0 Å². The van der Waals surface area contributed by atoms with Crippen LogP contribution < -0.4 is 19.5 Å². The number of amides is 1. The maximum atomic E-state index is 15.2. The van der Waals surface area contributed by atoms with E-state index in [0.717, 1.165) is 6.07 Å². The Balaban J connectivity index is 1.36. The minimum Gasteiger partial charge on any atom is -0.493 e. The summed E-state index contributed by atoms with van der Waals surface area (Å²) in [6.07, 6.45) is 0.273. The van der Waals surface area contributed by atoms with Crippen LogP contribution in [-0.2, 0) is 9.53 Å². The number of methoxy groups -OCH3 is 2. The molecule has 0 aliphatic carbocycles. The van der Waals surface area contributed by atoms with Gasteiger partial charge in [-0.2, -0.15) is 0 Å². The van der Waals surface area contributed by atoms with E-state index in [9.17, 15) is 9.59 Å². The number of hydrogen-bond donors (Lipinski definition) is 1. The average molecular weight is 553 g/mol. The van der Waals surface area contributed by atoms with Gasteiger partial charge in [0.1, 0.15) is 5.75 Å². The normalized spacial score (nSPS) is 11.4. The van der Waals surface area contributed by atoms with E-state index in [4.69, 9.17) is 18.9 Å². The van der Waals surface area contributed by atoms with Crippen LogP contribution in [0, 0.1) is 5.82 Å². The minimum absolute atomic E-state index is 0.0691. The lowest BCUT2D eigenvalue weighted by molar-refractivity contribution is -0.125. The van der Waals surface area contributed by atoms with Crippen LogP contribution in [0.25, 0.3) is 10.9 Å². The second-order valence-electron chi connectivity index (χ2n) is 8.83. The van der Waals surface area contributed by atoms with E-state index in [2.05, 4.69) is 10.3 Å². The molecule has 8 nitrogen and oxygen atoms in total. The predicted octanol–water partition coefficient (Wildman–Crippen LogP) is 6.72. The number of aromatic nitrogens is 1. The average Bonchev–Trinajstić information content (AvgIpc) is 3.01. The van der Waals surface area contributed by atoms with Gasteiger partial charge in [0.25, 0.3) is 5.91 Å². The van der Waals surface area contributed by atoms with Gasteiger partial charge in [-0.15, -0.1) is 0 Å². The molecule has 1 atom stereocenters. The van der Waals surface area contributed by atoms with Gasteiger partial charge in [-0.25, -0.2) is 9.18 Å². The standard InChI is InChI=1S/C32H25FN2O6/c1-38-28-18-23-25(19-29(28)39-2)34-16-15-26(23)40-27-14-13-22(17-24(27)33)35-31(36)30(20-9-5-3-6-10-20)41-32(37)21-11-7-4-8-12-21/h3-19,30H,1-2H3,(H,35,36). The van der Waals surface area contributed by atoms with Gasteiger partial charge in [0.15, 0.2) is 23.1 Å². The Morgan fingerprint density at radius 2 is 1.46 bits per heavy atom. The SMILES string of the molecule is COc1cc2nccc(Oc3ccc(NC(=O)C(OC(=O)c4ccccc4)c4ccccc4)cc3F)c2cc1OC. The van der Waals surface area contributed by atoms with Gasteiger partial charge >= 0.3 is 5.97 Å². The second kappa shape index (κ2) is 12.2. The number of pyridine rings is 1. The maximum Gasteiger partial charge on any atom is 0.339 e. The Bertz CT molecular complexity index is 1700. The first-order chi connectivity index (χ1) is 20.0. The number of hydrogen-bond acceptors (Lipinski definition) is 7. The molecular weight excluding hydrogens is 527 g/mol. The van der Waals surface area contributed by atoms with Crippen LogP contribution in [0.2, 0.25) is 0 Å². The molecule has 0 fully saturated rings. The maximum absolute atomic E-state index is 15.2. The first-order valence-corrected chi connectivity index (χ1v) is 12.6. The molecule has 0 aliphatic rings. The summed E-state index contributed by atoms with van der Waals surface area (Å²) in [5, 5.41) is 3.23. The Morgan fingerprint density at radius 3 is 2.15 bits per heavy atom. The molecule has 9 heteroatoms. The zero-order chi connectivity index (χ0) is 28.8. The Kier molecular flexibility index (Phi) is 8.05. The Hall–Kier alpha value is -5.44. The predicted molar refractivity (Wildman–Crippen MR) is 151 cm³/mol. The molecule has 41 heavy (non-hydrogen) atoms. The van der Waals surface area contributed by atoms with Crippen LogP contribution in [0.1, 0.15) is 22.0 Å². The van der Waals surface area contributed by atoms with E-state index in [-0.39, 0.29) is 11.4 Å². The molecule has 0 spiro atoms. The molecule has 206 valence electrons. The number of carbonyl (C=O) groups excluding carboxylic acids is 2. The van der Waals surface area contributed by atoms with Crippen LogP contribution in [0.15, 0.2) is 103 Å². The fraction of sp³-hybridized carbons (Fsp3) is 0.0938. The highest BCUT2D eigenvalue weighted by Crippen LogP contribution is 2.37. The van der Waals surface area contributed by atoms with Crippen LogP contribution in [-0.4, -0.2) is 31.1 Å². The number of rotatable bonds is 9. The van der Waals surface area contributed by atoms with Crippen LogP contribution in [0.4, 0.5) is 10.1 Å². The smallest absolute Gasteiger partial charge is 0.339 e. The minimum atomic E-state index is -1.27. The lowest BCUT2D eigenvalue weighted by Crippen LogP contribution is -2.26. The largest absolute Gasteiger partial charge is 0.493 e. The molecule has 5 aromatic rings. The van der Waals surface area contributed by atoms with Crippen molar-refractivity contribution < 1.29 is 32.9 Å². The molecule has 1 amide bonds. The summed E-state index contributed by atoms with van der Waals surface area (Å²) in [7, 11) is 3.04. The van der Waals surface area contributed by atoms with Crippen molar-refractivity contribution in [2.45, 2.75) is 6.10 Å². The van der Waals surface area contributed by atoms with Crippen molar-refractivity contribution in [2.75, 3.05) is 19.5 Å². The van der Waals surface area contributed by atoms with E-state index < -0.39 is 23.8 Å². The molecule has 0 saturated heterocycles. The third-order valence-electron chi connectivity index (χ3n) is 6.20. The number of anilines is 1. The van der Waals surface area contributed by atoms with Crippen molar-refractivity contribution in [3.63, 3.8) is 0 Å². The summed E-state index contributed by atoms with van der Waals surface area (Å²) in [6.45, 7) is 0. The molecule has 1 N–H and O–H groups in total. The molecule has 0 bridgehead atoms. The molecule has 1 unspecified atom stereocenters. The van der Waals surface area contributed by atoms with Crippen LogP contribution in [0.3, 0.4) is 0 Å². The molecular formula is C32H25FN2O6. The van der Waals surface area contributed by atoms with Crippen molar-refractivity contribution >= 4 is 28.5 Å². The molecule has 0 radical (unpaired) electrons. The number of nitrogens with one attached hydrogen (secondary N) is 1. The van der Waals surface area contributed by atoms with Gasteiger partial charge < -0.3 is 24.3 Å². The van der Waals surface area contributed by atoms with Gasteiger partial charge in [0.2, 0.25) is 6.10 Å². The van der Waals surface area contributed by atoms with Crippen molar-refractivity contribution in [1.29, 1.82) is 0 Å². The van der Waals surface area contributed by atoms with Crippen molar-refractivity contribution in [2.24, 2.45) is 0 Å². The summed E-state index contributed by atoms with van der Waals surface area (Å²) in [6, 6.07) is 25.9. The molecule has 1 heterocycles. The lowest BCUT2D eigenvalue weighted by Gasteiger charge is -2.18. The van der Waals surface area contributed by atoms with E-state index in [1.54, 1.807) is 78.9 Å². The van der Waals surface area contributed by atoms with Crippen molar-refractivity contribution in [3.8, 4) is 23.0 Å². The number of benzene rings is 4. The lowest BCUT2D eigenvalue weighted by atomic mass is 10.1. The summed E-state index contributed by atoms with van der Waals surface area (Å²) in [5.74, 6) is -0.774. The van der Waals surface area contributed by atoms with Gasteiger partial charge in [-0.1, -0.05) is 48.5 Å². The summed E-state index contributed by atoms with van der Waals surface area (Å²) >= 11 is 0. The molecule has 5 rings (SSSR count). The third-order valence-corrected chi connectivity index (χ3v) is 6.20. The summed E-state index contributed by atoms with van der Waals surface area (Å²) < 4.78 is 37.3. The molecule has 1 aromatic heterocycles. The zero-order valence-corrected chi connectivity index (χ0v) is 22.2. The van der Waals surface area contributed by atoms with Gasteiger partial charge in [0.05, 0.1) is 25.3 Å². The van der Waals surface area contributed by atoms with Crippen molar-refractivity contribution in [1.82, 2.24) is 4.98 Å². The highest BCUT2D eigenvalue weighted by molar-refractivity contribution is 5.98. The number of fused-ring (bicyclic) bond motifs is 1. The quantitative estimate of drug-likeness (QED) is 0.203. The van der Waals surface area contributed by atoms with Gasteiger partial charge in [-0.3, -0.25) is 9.78 Å². The fourth-order valence-electron chi connectivity index (χ4n) is 4.17. The first-order valence-electron chi connectivity index (χ1n) is 12.6. The number of esters is 1. The fourth-order valence-corrected chi connectivity index (χ4v) is 4.17. The van der Waals surface area contributed by atoms with E-state index in [1.807, 2.05) is 0 Å². The monoisotopic (exact) mass is 552 g/mol. The number of carbonyl (C=O) groups is 2. The number of nitrogens with zero attached hydrogens (tertiary/aromatic N) is 1. The topological polar surface area (TPSA) is 96.0 Å². The second-order valence-corrected chi connectivity index (χ2v) is 8.83. The molecule has 0 aliphatic heterocycles. The van der Waals surface area contributed by atoms with E-state index >= 15 is 4.39 Å². The van der Waals surface area contributed by atoms with Crippen LogP contribution in [0.5, 0.6) is 23.0 Å². The number of ether oxygens (including phenoxy) is 4. The number of halogens is 1. The Morgan fingerprint density at radius 1 is 0.780 bits per heavy atom. The zero-order valence-electron chi connectivity index (χ0n) is 22.2. The molecule has 4 aromatic carbocycles. The van der Waals surface area contributed by atoms with E-state index in [1.165, 1.54) is 32.5 Å². The van der Waals surface area contributed by atoms with Crippen molar-refractivity contribution in [3.05, 3.63) is 120 Å². The highest BCUT2D eigenvalue weighted by atomic mass is 19.1. The summed E-state index contributed by atoms with van der Waals surface area (Å²) in [4.78, 5) is 30.3. The molecule has 0 saturated carbocycles. The third kappa shape index (κ3) is 6.09. The summed E-state index contributed by atoms with van der Waals surface area (Å²) in [5.41, 5.74) is 1.49. The highest BCUT2D eigenvalue weighted by Gasteiger charge is 2.26. The van der Waals surface area contributed by atoms with Gasteiger partial charge in [-0.05, 0) is 36.4 Å². The first kappa shape index (κ1) is 27.1.